The molecule has 1 heterocycles. The van der Waals surface area contributed by atoms with Crippen molar-refractivity contribution >= 4 is 0 Å². The third kappa shape index (κ3) is 3.01. The van der Waals surface area contributed by atoms with Gasteiger partial charge in [0.05, 0.1) is 25.5 Å². The summed E-state index contributed by atoms with van der Waals surface area (Å²) in [5.74, 6) is 6.38. The summed E-state index contributed by atoms with van der Waals surface area (Å²) in [6.07, 6.45) is 1.64. The topological polar surface area (TPSA) is 74.3 Å². The molecule has 0 fully saturated rings. The molecule has 1 aromatic rings. The fourth-order valence-corrected chi connectivity index (χ4v) is 2.02. The summed E-state index contributed by atoms with van der Waals surface area (Å²) in [6.45, 7) is 8.70. The number of ether oxygens (including phenoxy) is 2. The molecule has 0 bridgehead atoms. The number of methoxy groups -OCH3 is 1. The summed E-state index contributed by atoms with van der Waals surface area (Å²) in [7, 11) is 1.63. The SMILES string of the molecule is CCOC(C)C(NN)c1c(OC)cnn1C(C)C. The molecule has 2 atom stereocenters. The van der Waals surface area contributed by atoms with E-state index in [-0.39, 0.29) is 18.2 Å². The molecule has 0 aliphatic rings. The Morgan fingerprint density at radius 1 is 1.44 bits per heavy atom. The maximum absolute atomic E-state index is 5.66. The highest BCUT2D eigenvalue weighted by atomic mass is 16.5. The van der Waals surface area contributed by atoms with E-state index in [0.29, 0.717) is 6.61 Å². The van der Waals surface area contributed by atoms with Gasteiger partial charge in [0.25, 0.3) is 0 Å². The normalized spacial score (nSPS) is 14.8. The van der Waals surface area contributed by atoms with Crippen molar-refractivity contribution in [2.45, 2.75) is 45.9 Å². The van der Waals surface area contributed by atoms with Crippen LogP contribution >= 0.6 is 0 Å². The lowest BCUT2D eigenvalue weighted by atomic mass is 10.1. The van der Waals surface area contributed by atoms with E-state index in [2.05, 4.69) is 24.4 Å². The van der Waals surface area contributed by atoms with E-state index in [1.807, 2.05) is 18.5 Å². The zero-order valence-electron chi connectivity index (χ0n) is 11.8. The molecular formula is C12H24N4O2. The zero-order chi connectivity index (χ0) is 13.7. The summed E-state index contributed by atoms with van der Waals surface area (Å²) < 4.78 is 12.9. The Morgan fingerprint density at radius 3 is 2.56 bits per heavy atom. The maximum Gasteiger partial charge on any atom is 0.161 e. The van der Waals surface area contributed by atoms with E-state index in [1.54, 1.807) is 13.3 Å². The number of nitrogens with zero attached hydrogens (tertiary/aromatic N) is 2. The maximum atomic E-state index is 5.66. The smallest absolute Gasteiger partial charge is 0.161 e. The Bertz CT molecular complexity index is 365. The summed E-state index contributed by atoms with van der Waals surface area (Å²) in [5.41, 5.74) is 3.71. The second-order valence-electron chi connectivity index (χ2n) is 4.44. The number of aromatic nitrogens is 2. The van der Waals surface area contributed by atoms with Gasteiger partial charge in [0.2, 0.25) is 0 Å². The number of hydrogen-bond acceptors (Lipinski definition) is 5. The van der Waals surface area contributed by atoms with Crippen LogP contribution in [0.4, 0.5) is 0 Å². The van der Waals surface area contributed by atoms with Gasteiger partial charge in [-0.25, -0.2) is 5.43 Å². The van der Waals surface area contributed by atoms with Crippen molar-refractivity contribution in [3.05, 3.63) is 11.9 Å². The minimum atomic E-state index is -0.162. The van der Waals surface area contributed by atoms with Crippen LogP contribution in [0.3, 0.4) is 0 Å². The summed E-state index contributed by atoms with van der Waals surface area (Å²) >= 11 is 0. The summed E-state index contributed by atoms with van der Waals surface area (Å²) in [5, 5.41) is 4.34. The molecule has 3 N–H and O–H groups in total. The first kappa shape index (κ1) is 14.9. The van der Waals surface area contributed by atoms with Crippen molar-refractivity contribution in [1.29, 1.82) is 0 Å². The van der Waals surface area contributed by atoms with Gasteiger partial charge in [-0.1, -0.05) is 0 Å². The molecule has 6 nitrogen and oxygen atoms in total. The van der Waals surface area contributed by atoms with Crippen LogP contribution in [0.2, 0.25) is 0 Å². The average molecular weight is 256 g/mol. The van der Waals surface area contributed by atoms with Crippen LogP contribution in [0.15, 0.2) is 6.20 Å². The monoisotopic (exact) mass is 256 g/mol. The highest BCUT2D eigenvalue weighted by Crippen LogP contribution is 2.29. The van der Waals surface area contributed by atoms with E-state index in [4.69, 9.17) is 15.3 Å². The molecule has 104 valence electrons. The first-order valence-electron chi connectivity index (χ1n) is 6.25. The molecule has 1 rings (SSSR count). The van der Waals surface area contributed by atoms with Crippen LogP contribution in [0.1, 0.15) is 45.5 Å². The number of rotatable bonds is 7. The molecule has 0 spiro atoms. The zero-order valence-corrected chi connectivity index (χ0v) is 11.8. The Morgan fingerprint density at radius 2 is 2.11 bits per heavy atom. The average Bonchev–Trinajstić information content (AvgIpc) is 2.74. The van der Waals surface area contributed by atoms with Crippen LogP contribution in [0.5, 0.6) is 5.75 Å². The van der Waals surface area contributed by atoms with E-state index in [0.717, 1.165) is 11.4 Å². The highest BCUT2D eigenvalue weighted by Gasteiger charge is 2.27. The lowest BCUT2D eigenvalue weighted by Crippen LogP contribution is -2.38. The lowest BCUT2D eigenvalue weighted by Gasteiger charge is -2.25. The second kappa shape index (κ2) is 6.72. The molecule has 0 aliphatic carbocycles. The van der Waals surface area contributed by atoms with Gasteiger partial charge < -0.3 is 9.47 Å². The van der Waals surface area contributed by atoms with Crippen LogP contribution in [-0.4, -0.2) is 29.6 Å². The third-order valence-electron chi connectivity index (χ3n) is 2.88. The van der Waals surface area contributed by atoms with Crippen molar-refractivity contribution in [3.63, 3.8) is 0 Å². The van der Waals surface area contributed by atoms with Crippen molar-refractivity contribution in [3.8, 4) is 5.75 Å². The van der Waals surface area contributed by atoms with Crippen molar-refractivity contribution in [2.24, 2.45) is 5.84 Å². The summed E-state index contributed by atoms with van der Waals surface area (Å²) in [6, 6.07) is 0.0679. The third-order valence-corrected chi connectivity index (χ3v) is 2.88. The molecule has 0 aliphatic heterocycles. The Hall–Kier alpha value is -1.11. The van der Waals surface area contributed by atoms with Gasteiger partial charge in [-0.2, -0.15) is 5.10 Å². The Labute approximate surface area is 108 Å². The van der Waals surface area contributed by atoms with Crippen molar-refractivity contribution in [2.75, 3.05) is 13.7 Å². The van der Waals surface area contributed by atoms with Gasteiger partial charge in [-0.3, -0.25) is 10.5 Å². The van der Waals surface area contributed by atoms with E-state index >= 15 is 0 Å². The van der Waals surface area contributed by atoms with Crippen LogP contribution in [0.25, 0.3) is 0 Å². The lowest BCUT2D eigenvalue weighted by molar-refractivity contribution is 0.0438. The first-order valence-corrected chi connectivity index (χ1v) is 6.25. The molecule has 0 saturated carbocycles. The van der Waals surface area contributed by atoms with Gasteiger partial charge in [0.1, 0.15) is 5.69 Å². The second-order valence-corrected chi connectivity index (χ2v) is 4.44. The van der Waals surface area contributed by atoms with Crippen molar-refractivity contribution in [1.82, 2.24) is 15.2 Å². The molecule has 0 saturated heterocycles. The van der Waals surface area contributed by atoms with Crippen LogP contribution in [-0.2, 0) is 4.74 Å². The molecule has 18 heavy (non-hydrogen) atoms. The molecule has 6 heteroatoms. The van der Waals surface area contributed by atoms with Crippen LogP contribution < -0.4 is 16.0 Å². The number of hydrazine groups is 1. The quantitative estimate of drug-likeness (QED) is 0.570. The van der Waals surface area contributed by atoms with E-state index < -0.39 is 0 Å². The minimum Gasteiger partial charge on any atom is -0.493 e. The molecule has 0 radical (unpaired) electrons. The van der Waals surface area contributed by atoms with Gasteiger partial charge >= 0.3 is 0 Å². The predicted molar refractivity (Wildman–Crippen MR) is 70.3 cm³/mol. The van der Waals surface area contributed by atoms with Gasteiger partial charge in [-0.15, -0.1) is 0 Å². The van der Waals surface area contributed by atoms with Gasteiger partial charge in [-0.05, 0) is 27.7 Å². The first-order chi connectivity index (χ1) is 8.56. The molecule has 0 amide bonds. The molecule has 0 aromatic carbocycles. The number of hydrogen-bond donors (Lipinski definition) is 2. The fourth-order valence-electron chi connectivity index (χ4n) is 2.02. The van der Waals surface area contributed by atoms with Gasteiger partial charge in [0, 0.05) is 12.6 Å². The van der Waals surface area contributed by atoms with Crippen LogP contribution in [0, 0.1) is 0 Å². The number of nitrogens with two attached hydrogens (primary N) is 1. The van der Waals surface area contributed by atoms with Crippen molar-refractivity contribution < 1.29 is 9.47 Å². The highest BCUT2D eigenvalue weighted by molar-refractivity contribution is 5.29. The largest absolute Gasteiger partial charge is 0.493 e. The van der Waals surface area contributed by atoms with Gasteiger partial charge in [0.15, 0.2) is 5.75 Å². The molecular weight excluding hydrogens is 232 g/mol. The molecule has 2 unspecified atom stereocenters. The standard InChI is InChI=1S/C12H24N4O2/c1-6-18-9(4)11(15-13)12-10(17-5)7-14-16(12)8(2)3/h7-9,11,15H,6,13H2,1-5H3. The van der Waals surface area contributed by atoms with E-state index in [1.165, 1.54) is 0 Å². The van der Waals surface area contributed by atoms with E-state index in [9.17, 15) is 0 Å². The Balaban J connectivity index is 3.13. The summed E-state index contributed by atoms with van der Waals surface area (Å²) in [4.78, 5) is 0. The fraction of sp³-hybridized carbons (Fsp3) is 0.750. The Kier molecular flexibility index (Phi) is 5.58. The predicted octanol–water partition coefficient (Wildman–Crippen LogP) is 1.40. The minimum absolute atomic E-state index is 0.0666. The number of nitrogens with one attached hydrogen (secondary N) is 1. The molecule has 1 aromatic heterocycles.